The van der Waals surface area contributed by atoms with Gasteiger partial charge in [0.2, 0.25) is 10.0 Å². The summed E-state index contributed by atoms with van der Waals surface area (Å²) in [6.07, 6.45) is 1.43. The van der Waals surface area contributed by atoms with E-state index in [0.29, 0.717) is 22.6 Å². The summed E-state index contributed by atoms with van der Waals surface area (Å²) in [4.78, 5) is 4.19. The summed E-state index contributed by atoms with van der Waals surface area (Å²) >= 11 is 0. The number of rotatable bonds is 4. The third kappa shape index (κ3) is 3.44. The first-order valence-electron chi connectivity index (χ1n) is 6.36. The highest BCUT2D eigenvalue weighted by Gasteiger charge is 2.12. The number of nitrogens with two attached hydrogens (primary N) is 1. The second kappa shape index (κ2) is 6.17. The van der Waals surface area contributed by atoms with Crippen LogP contribution in [0.15, 0.2) is 46.3 Å². The molecule has 0 radical (unpaired) electrons. The summed E-state index contributed by atoms with van der Waals surface area (Å²) in [6.45, 7) is 1.65. The number of nitrogens with zero attached hydrogens (tertiary/aromatic N) is 1. The van der Waals surface area contributed by atoms with E-state index in [1.807, 2.05) is 0 Å². The molecule has 0 spiro atoms. The summed E-state index contributed by atoms with van der Waals surface area (Å²) < 4.78 is 28.0. The fraction of sp³-hybridized carbons (Fsp3) is 0.133. The molecule has 0 aromatic heterocycles. The van der Waals surface area contributed by atoms with Crippen LogP contribution in [-0.2, 0) is 10.0 Å². The molecule has 0 saturated carbocycles. The monoisotopic (exact) mass is 320 g/mol. The molecule has 0 fully saturated rings. The van der Waals surface area contributed by atoms with Crippen molar-refractivity contribution >= 4 is 21.9 Å². The molecule has 0 heterocycles. The molecule has 6 nitrogen and oxygen atoms in total. The normalized spacial score (nSPS) is 11.8. The lowest BCUT2D eigenvalue weighted by molar-refractivity contribution is 0.373. The average Bonchev–Trinajstić information content (AvgIpc) is 2.46. The van der Waals surface area contributed by atoms with Gasteiger partial charge in [-0.25, -0.2) is 13.6 Å². The summed E-state index contributed by atoms with van der Waals surface area (Å²) in [5.74, 6) is 0.297. The third-order valence-corrected chi connectivity index (χ3v) is 4.13. The van der Waals surface area contributed by atoms with E-state index >= 15 is 0 Å². The number of phenols is 1. The molecule has 2 rings (SSSR count). The molecular formula is C15H16N2O4S. The van der Waals surface area contributed by atoms with Crippen LogP contribution in [-0.4, -0.2) is 26.8 Å². The van der Waals surface area contributed by atoms with Crippen molar-refractivity contribution in [2.24, 2.45) is 10.1 Å². The maximum Gasteiger partial charge on any atom is 0.238 e. The second-order valence-electron chi connectivity index (χ2n) is 4.65. The Bertz CT molecular complexity index is 829. The van der Waals surface area contributed by atoms with Gasteiger partial charge in [0.15, 0.2) is 11.5 Å². The minimum absolute atomic E-state index is 0.0250. The third-order valence-electron chi connectivity index (χ3n) is 3.08. The predicted octanol–water partition coefficient (Wildman–Crippen LogP) is 2.11. The first kappa shape index (κ1) is 16.0. The SMILES string of the molecule is COc1cccc(C=Nc2ccc(C)c(S(N)(=O)=O)c2)c1O. The Kier molecular flexibility index (Phi) is 4.48. The van der Waals surface area contributed by atoms with Crippen molar-refractivity contribution in [3.8, 4) is 11.5 Å². The molecule has 0 aliphatic rings. The van der Waals surface area contributed by atoms with E-state index < -0.39 is 10.0 Å². The van der Waals surface area contributed by atoms with Crippen LogP contribution in [0.4, 0.5) is 5.69 Å². The maximum absolute atomic E-state index is 11.5. The summed E-state index contributed by atoms with van der Waals surface area (Å²) in [5, 5.41) is 15.1. The van der Waals surface area contributed by atoms with Crippen molar-refractivity contribution in [1.29, 1.82) is 0 Å². The molecule has 0 aliphatic heterocycles. The molecule has 2 aromatic rings. The quantitative estimate of drug-likeness (QED) is 0.842. The highest BCUT2D eigenvalue weighted by atomic mass is 32.2. The van der Waals surface area contributed by atoms with E-state index in [4.69, 9.17) is 9.88 Å². The first-order chi connectivity index (χ1) is 10.3. The first-order valence-corrected chi connectivity index (χ1v) is 7.91. The van der Waals surface area contributed by atoms with Crippen LogP contribution in [0.25, 0.3) is 0 Å². The molecule has 116 valence electrons. The fourth-order valence-electron chi connectivity index (χ4n) is 1.93. The van der Waals surface area contributed by atoms with Crippen LogP contribution < -0.4 is 9.88 Å². The zero-order valence-corrected chi connectivity index (χ0v) is 13.0. The average molecular weight is 320 g/mol. The van der Waals surface area contributed by atoms with Crippen molar-refractivity contribution in [3.63, 3.8) is 0 Å². The number of benzene rings is 2. The molecular weight excluding hydrogens is 304 g/mol. The van der Waals surface area contributed by atoms with Crippen LogP contribution in [0.5, 0.6) is 11.5 Å². The number of sulfonamides is 1. The van der Waals surface area contributed by atoms with Gasteiger partial charge in [0.1, 0.15) is 0 Å². The number of aromatic hydroxyl groups is 1. The van der Waals surface area contributed by atoms with E-state index in [1.54, 1.807) is 37.3 Å². The maximum atomic E-state index is 11.5. The van der Waals surface area contributed by atoms with Gasteiger partial charge in [-0.1, -0.05) is 12.1 Å². The standard InChI is InChI=1S/C15H16N2O4S/c1-10-6-7-12(8-14(10)22(16,19)20)17-9-11-4-3-5-13(21-2)15(11)18/h3-9,18H,1-2H3,(H2,16,19,20). The highest BCUT2D eigenvalue weighted by Crippen LogP contribution is 2.29. The second-order valence-corrected chi connectivity index (χ2v) is 6.18. The van der Waals surface area contributed by atoms with Gasteiger partial charge in [-0.3, -0.25) is 4.99 Å². The molecule has 0 unspecified atom stereocenters. The van der Waals surface area contributed by atoms with E-state index in [2.05, 4.69) is 4.99 Å². The minimum atomic E-state index is -3.80. The van der Waals surface area contributed by atoms with Gasteiger partial charge < -0.3 is 9.84 Å². The van der Waals surface area contributed by atoms with Gasteiger partial charge in [-0.15, -0.1) is 0 Å². The summed E-state index contributed by atoms with van der Waals surface area (Å²) in [6, 6.07) is 9.67. The van der Waals surface area contributed by atoms with Gasteiger partial charge in [0.25, 0.3) is 0 Å². The number of aliphatic imine (C=N–C) groups is 1. The number of primary sulfonamides is 1. The van der Waals surface area contributed by atoms with E-state index in [-0.39, 0.29) is 10.6 Å². The number of ether oxygens (including phenoxy) is 1. The van der Waals surface area contributed by atoms with Crippen LogP contribution in [0.3, 0.4) is 0 Å². The topological polar surface area (TPSA) is 102 Å². The lowest BCUT2D eigenvalue weighted by Gasteiger charge is -2.06. The van der Waals surface area contributed by atoms with Gasteiger partial charge >= 0.3 is 0 Å². The van der Waals surface area contributed by atoms with E-state index in [1.165, 1.54) is 19.4 Å². The van der Waals surface area contributed by atoms with Crippen molar-refractivity contribution in [1.82, 2.24) is 0 Å². The molecule has 0 atom stereocenters. The Morgan fingerprint density at radius 3 is 2.64 bits per heavy atom. The van der Waals surface area contributed by atoms with E-state index in [0.717, 1.165) is 0 Å². The summed E-state index contributed by atoms with van der Waals surface area (Å²) in [5.41, 5.74) is 1.42. The number of para-hydroxylation sites is 1. The number of phenolic OH excluding ortho intramolecular Hbond substituents is 1. The molecule has 0 amide bonds. The molecule has 0 bridgehead atoms. The lowest BCUT2D eigenvalue weighted by Crippen LogP contribution is -2.13. The Hall–Kier alpha value is -2.38. The van der Waals surface area contributed by atoms with E-state index in [9.17, 15) is 13.5 Å². The van der Waals surface area contributed by atoms with Crippen LogP contribution in [0, 0.1) is 6.92 Å². The van der Waals surface area contributed by atoms with Crippen molar-refractivity contribution in [2.75, 3.05) is 7.11 Å². The number of aryl methyl sites for hydroxylation is 1. The van der Waals surface area contributed by atoms with Gasteiger partial charge in [-0.2, -0.15) is 0 Å². The lowest BCUT2D eigenvalue weighted by atomic mass is 10.2. The Balaban J connectivity index is 2.40. The van der Waals surface area contributed by atoms with Crippen molar-refractivity contribution in [2.45, 2.75) is 11.8 Å². The molecule has 22 heavy (non-hydrogen) atoms. The van der Waals surface area contributed by atoms with Gasteiger partial charge in [0.05, 0.1) is 17.7 Å². The Labute approximate surface area is 128 Å². The van der Waals surface area contributed by atoms with Crippen molar-refractivity contribution in [3.05, 3.63) is 47.5 Å². The Morgan fingerprint density at radius 1 is 1.27 bits per heavy atom. The summed E-state index contributed by atoms with van der Waals surface area (Å²) in [7, 11) is -2.35. The fourth-order valence-corrected chi connectivity index (χ4v) is 2.73. The minimum Gasteiger partial charge on any atom is -0.504 e. The molecule has 0 saturated heterocycles. The van der Waals surface area contributed by atoms with Gasteiger partial charge in [-0.05, 0) is 36.8 Å². The molecule has 2 aromatic carbocycles. The highest BCUT2D eigenvalue weighted by molar-refractivity contribution is 7.89. The molecule has 3 N–H and O–H groups in total. The predicted molar refractivity (Wildman–Crippen MR) is 84.5 cm³/mol. The zero-order valence-electron chi connectivity index (χ0n) is 12.1. The Morgan fingerprint density at radius 2 is 2.00 bits per heavy atom. The van der Waals surface area contributed by atoms with Crippen LogP contribution in [0.2, 0.25) is 0 Å². The zero-order chi connectivity index (χ0) is 16.3. The number of hydrogen-bond acceptors (Lipinski definition) is 5. The smallest absolute Gasteiger partial charge is 0.238 e. The van der Waals surface area contributed by atoms with Crippen molar-refractivity contribution < 1.29 is 18.3 Å². The number of methoxy groups -OCH3 is 1. The van der Waals surface area contributed by atoms with Gasteiger partial charge in [0, 0.05) is 11.8 Å². The number of hydrogen-bond donors (Lipinski definition) is 2. The van der Waals surface area contributed by atoms with Crippen LogP contribution >= 0.6 is 0 Å². The molecule has 7 heteroatoms. The molecule has 0 aliphatic carbocycles. The van der Waals surface area contributed by atoms with Crippen LogP contribution in [0.1, 0.15) is 11.1 Å². The largest absolute Gasteiger partial charge is 0.504 e.